The molecule has 5 heteroatoms. The van der Waals surface area contributed by atoms with Crippen molar-refractivity contribution in [3.05, 3.63) is 0 Å². The number of alkyl halides is 1. The first-order valence-corrected chi connectivity index (χ1v) is 6.84. The van der Waals surface area contributed by atoms with Crippen LogP contribution in [0.4, 0.5) is 0 Å². The standard InChI is InChI=1S/C13H24ClNO3/c1-5-6-7-8-11(16)10(13(17)18)9-12(14)15(2,3)4/h10,12H,5-9H2,1-4H3/p+1/t10-,12+/m1/s1. The molecule has 0 aromatic heterocycles. The highest BCUT2D eigenvalue weighted by Gasteiger charge is 2.33. The van der Waals surface area contributed by atoms with Gasteiger partial charge in [0.1, 0.15) is 11.7 Å². The first-order valence-electron chi connectivity index (χ1n) is 6.40. The molecular formula is C13H25ClNO3+. The summed E-state index contributed by atoms with van der Waals surface area (Å²) in [5.74, 6) is -2.23. The molecule has 0 spiro atoms. The SMILES string of the molecule is CCCCCC(=O)[C@@H](C[C@@H](Cl)[N+](C)(C)C)C(=O)O. The summed E-state index contributed by atoms with van der Waals surface area (Å²) in [5.41, 5.74) is -0.374. The zero-order chi connectivity index (χ0) is 14.3. The van der Waals surface area contributed by atoms with Crippen molar-refractivity contribution in [1.29, 1.82) is 0 Å². The van der Waals surface area contributed by atoms with E-state index in [4.69, 9.17) is 16.7 Å². The van der Waals surface area contributed by atoms with E-state index in [1.165, 1.54) is 0 Å². The van der Waals surface area contributed by atoms with E-state index in [-0.39, 0.29) is 17.7 Å². The second-order valence-corrected chi connectivity index (χ2v) is 6.10. The largest absolute Gasteiger partial charge is 0.481 e. The van der Waals surface area contributed by atoms with Crippen molar-refractivity contribution in [2.24, 2.45) is 5.92 Å². The third-order valence-electron chi connectivity index (χ3n) is 2.98. The van der Waals surface area contributed by atoms with Gasteiger partial charge in [-0.2, -0.15) is 0 Å². The molecule has 0 unspecified atom stereocenters. The molecule has 0 aliphatic carbocycles. The van der Waals surface area contributed by atoms with E-state index in [1.807, 2.05) is 28.1 Å². The molecule has 106 valence electrons. The van der Waals surface area contributed by atoms with E-state index in [0.717, 1.165) is 19.3 Å². The van der Waals surface area contributed by atoms with Gasteiger partial charge in [-0.1, -0.05) is 31.4 Å². The lowest BCUT2D eigenvalue weighted by Crippen LogP contribution is -2.44. The molecule has 0 aromatic rings. The monoisotopic (exact) mass is 278 g/mol. The van der Waals surface area contributed by atoms with Gasteiger partial charge in [0.05, 0.1) is 21.1 Å². The average Bonchev–Trinajstić information content (AvgIpc) is 2.23. The highest BCUT2D eigenvalue weighted by atomic mass is 35.5. The number of ketones is 1. The quantitative estimate of drug-likeness (QED) is 0.232. The van der Waals surface area contributed by atoms with Crippen LogP contribution in [-0.2, 0) is 9.59 Å². The van der Waals surface area contributed by atoms with Crippen molar-refractivity contribution in [3.63, 3.8) is 0 Å². The number of aliphatic carboxylic acids is 1. The summed E-state index contributed by atoms with van der Waals surface area (Å²) in [5, 5.41) is 9.13. The molecule has 1 N–H and O–H groups in total. The fourth-order valence-corrected chi connectivity index (χ4v) is 1.78. The topological polar surface area (TPSA) is 54.4 Å². The Morgan fingerprint density at radius 2 is 1.78 bits per heavy atom. The number of nitrogens with zero attached hydrogens (tertiary/aromatic N) is 1. The first kappa shape index (κ1) is 17.4. The Morgan fingerprint density at radius 1 is 1.22 bits per heavy atom. The number of unbranched alkanes of at least 4 members (excludes halogenated alkanes) is 2. The van der Waals surface area contributed by atoms with E-state index in [2.05, 4.69) is 0 Å². The maximum absolute atomic E-state index is 11.9. The molecule has 0 saturated carbocycles. The van der Waals surface area contributed by atoms with Gasteiger partial charge >= 0.3 is 5.97 Å². The summed E-state index contributed by atoms with van der Waals surface area (Å²) < 4.78 is 0.438. The zero-order valence-corrected chi connectivity index (χ0v) is 12.5. The van der Waals surface area contributed by atoms with Gasteiger partial charge in [-0.05, 0) is 6.42 Å². The molecule has 0 aliphatic rings. The second kappa shape index (κ2) is 7.74. The molecule has 0 heterocycles. The van der Waals surface area contributed by atoms with E-state index >= 15 is 0 Å². The van der Waals surface area contributed by atoms with Crippen molar-refractivity contribution in [2.45, 2.75) is 44.5 Å². The Hall–Kier alpha value is -0.610. The first-order chi connectivity index (χ1) is 8.20. The van der Waals surface area contributed by atoms with Gasteiger partial charge in [0.2, 0.25) is 0 Å². The summed E-state index contributed by atoms with van der Waals surface area (Å²) in [6.45, 7) is 2.05. The van der Waals surface area contributed by atoms with Crippen molar-refractivity contribution in [1.82, 2.24) is 0 Å². The lowest BCUT2D eigenvalue weighted by atomic mass is 9.95. The number of quaternary nitrogens is 1. The van der Waals surface area contributed by atoms with Crippen LogP contribution in [0.15, 0.2) is 0 Å². The normalized spacial score (nSPS) is 15.2. The highest BCUT2D eigenvalue weighted by Crippen LogP contribution is 2.21. The number of carboxylic acid groups (broad SMARTS) is 1. The van der Waals surface area contributed by atoms with Crippen LogP contribution in [0.25, 0.3) is 0 Å². The van der Waals surface area contributed by atoms with Gasteiger partial charge in [-0.25, -0.2) is 0 Å². The Labute approximate surface area is 115 Å². The minimum atomic E-state index is -1.06. The lowest BCUT2D eigenvalue weighted by Gasteiger charge is -2.30. The molecule has 0 saturated heterocycles. The number of carboxylic acids is 1. The molecule has 0 amide bonds. The van der Waals surface area contributed by atoms with Gasteiger partial charge < -0.3 is 9.59 Å². The summed E-state index contributed by atoms with van der Waals surface area (Å²) in [6, 6.07) is 0. The number of carbonyl (C=O) groups is 2. The van der Waals surface area contributed by atoms with E-state index < -0.39 is 11.9 Å². The minimum absolute atomic E-state index is 0.186. The number of hydrogen-bond donors (Lipinski definition) is 1. The predicted octanol–water partition coefficient (Wildman–Crippen LogP) is 2.50. The molecule has 0 aromatic carbocycles. The average molecular weight is 279 g/mol. The minimum Gasteiger partial charge on any atom is -0.481 e. The smallest absolute Gasteiger partial charge is 0.314 e. The molecule has 0 radical (unpaired) electrons. The molecule has 0 bridgehead atoms. The van der Waals surface area contributed by atoms with Crippen molar-refractivity contribution >= 4 is 23.4 Å². The number of rotatable bonds is 9. The van der Waals surface area contributed by atoms with E-state index in [0.29, 0.717) is 10.9 Å². The molecule has 2 atom stereocenters. The summed E-state index contributed by atoms with van der Waals surface area (Å²) in [7, 11) is 5.66. The zero-order valence-electron chi connectivity index (χ0n) is 11.8. The molecular weight excluding hydrogens is 254 g/mol. The van der Waals surface area contributed by atoms with Gasteiger partial charge in [-0.15, -0.1) is 0 Å². The van der Waals surface area contributed by atoms with Crippen LogP contribution >= 0.6 is 11.6 Å². The maximum Gasteiger partial charge on any atom is 0.314 e. The molecule has 0 fully saturated rings. The third-order valence-corrected chi connectivity index (χ3v) is 3.75. The van der Waals surface area contributed by atoms with Crippen LogP contribution in [0.5, 0.6) is 0 Å². The number of hydrogen-bond acceptors (Lipinski definition) is 2. The van der Waals surface area contributed by atoms with Gasteiger partial charge in [0.25, 0.3) is 0 Å². The predicted molar refractivity (Wildman–Crippen MR) is 72.6 cm³/mol. The number of carbonyl (C=O) groups excluding carboxylic acids is 1. The van der Waals surface area contributed by atoms with Crippen molar-refractivity contribution < 1.29 is 19.2 Å². The van der Waals surface area contributed by atoms with E-state index in [1.54, 1.807) is 0 Å². The summed E-state index contributed by atoms with van der Waals surface area (Å²) in [4.78, 5) is 23.0. The Balaban J connectivity index is 4.48. The molecule has 0 aliphatic heterocycles. The van der Waals surface area contributed by atoms with Gasteiger partial charge in [-0.3, -0.25) is 9.59 Å². The van der Waals surface area contributed by atoms with Crippen LogP contribution in [0.3, 0.4) is 0 Å². The van der Waals surface area contributed by atoms with Gasteiger partial charge in [0.15, 0.2) is 5.50 Å². The maximum atomic E-state index is 11.9. The highest BCUT2D eigenvalue weighted by molar-refractivity contribution is 6.20. The van der Waals surface area contributed by atoms with Crippen molar-refractivity contribution in [2.75, 3.05) is 21.1 Å². The lowest BCUT2D eigenvalue weighted by molar-refractivity contribution is -0.883. The van der Waals surface area contributed by atoms with Crippen LogP contribution < -0.4 is 0 Å². The van der Waals surface area contributed by atoms with Crippen LogP contribution in [0, 0.1) is 5.92 Å². The molecule has 0 rings (SSSR count). The Morgan fingerprint density at radius 3 is 2.17 bits per heavy atom. The van der Waals surface area contributed by atoms with Crippen LogP contribution in [-0.4, -0.2) is 48.0 Å². The summed E-state index contributed by atoms with van der Waals surface area (Å²) in [6.07, 6.45) is 3.26. The molecule has 4 nitrogen and oxygen atoms in total. The van der Waals surface area contributed by atoms with Crippen molar-refractivity contribution in [3.8, 4) is 0 Å². The number of Topliss-reactive ketones (excluding diaryl/α,β-unsaturated/α-hetero) is 1. The Bertz CT molecular complexity index is 286. The summed E-state index contributed by atoms with van der Waals surface area (Å²) >= 11 is 6.16. The second-order valence-electron chi connectivity index (χ2n) is 5.60. The third kappa shape index (κ3) is 6.36. The Kier molecular flexibility index (Phi) is 7.48. The fraction of sp³-hybridized carbons (Fsp3) is 0.846. The van der Waals surface area contributed by atoms with E-state index in [9.17, 15) is 9.59 Å². The number of halogens is 1. The fourth-order valence-electron chi connectivity index (χ4n) is 1.60. The van der Waals surface area contributed by atoms with Gasteiger partial charge in [0, 0.05) is 12.8 Å². The molecule has 18 heavy (non-hydrogen) atoms. The van der Waals surface area contributed by atoms with Crippen LogP contribution in [0.1, 0.15) is 39.0 Å². The van der Waals surface area contributed by atoms with Crippen LogP contribution in [0.2, 0.25) is 0 Å².